The van der Waals surface area contributed by atoms with Crippen molar-refractivity contribution < 1.29 is 19.1 Å². The van der Waals surface area contributed by atoms with Crippen LogP contribution in [0, 0.1) is 0 Å². The minimum atomic E-state index is -0.319. The molecule has 0 N–H and O–H groups in total. The standard InChI is InChI=1S/C14H27NO4/c1-4-6-7-8-11-15(14(17)18-3)12-9-10-13(16)19-5-2/h4-12H2,1-3H3. The van der Waals surface area contributed by atoms with E-state index in [-0.39, 0.29) is 12.1 Å². The summed E-state index contributed by atoms with van der Waals surface area (Å²) in [5.41, 5.74) is 0. The maximum Gasteiger partial charge on any atom is 0.409 e. The van der Waals surface area contributed by atoms with Gasteiger partial charge in [-0.05, 0) is 19.8 Å². The Morgan fingerprint density at radius 2 is 1.68 bits per heavy atom. The molecule has 0 fully saturated rings. The molecule has 0 aliphatic carbocycles. The van der Waals surface area contributed by atoms with Gasteiger partial charge in [-0.2, -0.15) is 0 Å². The molecule has 19 heavy (non-hydrogen) atoms. The van der Waals surface area contributed by atoms with E-state index in [0.717, 1.165) is 12.8 Å². The fraction of sp³-hybridized carbons (Fsp3) is 0.857. The van der Waals surface area contributed by atoms with Crippen molar-refractivity contribution in [3.05, 3.63) is 0 Å². The third-order valence-electron chi connectivity index (χ3n) is 2.83. The summed E-state index contributed by atoms with van der Waals surface area (Å²) >= 11 is 0. The molecule has 0 rings (SSSR count). The lowest BCUT2D eigenvalue weighted by molar-refractivity contribution is -0.143. The van der Waals surface area contributed by atoms with Gasteiger partial charge in [0, 0.05) is 19.5 Å². The Morgan fingerprint density at radius 1 is 1.00 bits per heavy atom. The lowest BCUT2D eigenvalue weighted by Gasteiger charge is -2.20. The molecule has 0 atom stereocenters. The van der Waals surface area contributed by atoms with E-state index in [0.29, 0.717) is 32.5 Å². The molecule has 0 aliphatic heterocycles. The Hall–Kier alpha value is -1.26. The highest BCUT2D eigenvalue weighted by atomic mass is 16.5. The third kappa shape index (κ3) is 9.33. The van der Waals surface area contributed by atoms with E-state index < -0.39 is 0 Å². The van der Waals surface area contributed by atoms with Gasteiger partial charge < -0.3 is 14.4 Å². The minimum Gasteiger partial charge on any atom is -0.466 e. The molecule has 0 spiro atoms. The first-order chi connectivity index (χ1) is 9.15. The maximum atomic E-state index is 11.6. The van der Waals surface area contributed by atoms with Crippen LogP contribution in [0.15, 0.2) is 0 Å². The van der Waals surface area contributed by atoms with E-state index in [1.54, 1.807) is 11.8 Å². The van der Waals surface area contributed by atoms with E-state index in [2.05, 4.69) is 6.92 Å². The van der Waals surface area contributed by atoms with Gasteiger partial charge in [0.25, 0.3) is 0 Å². The Kier molecular flexibility index (Phi) is 11.0. The maximum absolute atomic E-state index is 11.6. The van der Waals surface area contributed by atoms with Gasteiger partial charge in [-0.15, -0.1) is 0 Å². The van der Waals surface area contributed by atoms with Gasteiger partial charge in [0.05, 0.1) is 13.7 Å². The zero-order valence-electron chi connectivity index (χ0n) is 12.4. The molecule has 0 radical (unpaired) electrons. The van der Waals surface area contributed by atoms with Crippen LogP contribution in [0.25, 0.3) is 0 Å². The number of rotatable bonds is 10. The van der Waals surface area contributed by atoms with Crippen LogP contribution in [0.2, 0.25) is 0 Å². The van der Waals surface area contributed by atoms with Crippen molar-refractivity contribution in [2.75, 3.05) is 26.8 Å². The van der Waals surface area contributed by atoms with Crippen LogP contribution in [0.3, 0.4) is 0 Å². The molecule has 0 unspecified atom stereocenters. The molecule has 0 heterocycles. The van der Waals surface area contributed by atoms with Gasteiger partial charge in [0.2, 0.25) is 0 Å². The number of hydrogen-bond donors (Lipinski definition) is 0. The zero-order chi connectivity index (χ0) is 14.5. The third-order valence-corrected chi connectivity index (χ3v) is 2.83. The number of nitrogens with zero attached hydrogens (tertiary/aromatic N) is 1. The second-order valence-electron chi connectivity index (χ2n) is 4.43. The van der Waals surface area contributed by atoms with Crippen molar-refractivity contribution in [1.82, 2.24) is 4.90 Å². The number of unbranched alkanes of at least 4 members (excludes halogenated alkanes) is 3. The highest BCUT2D eigenvalue weighted by molar-refractivity contribution is 5.69. The Bertz CT molecular complexity index is 256. The average molecular weight is 273 g/mol. The molecular weight excluding hydrogens is 246 g/mol. The quantitative estimate of drug-likeness (QED) is 0.453. The van der Waals surface area contributed by atoms with Gasteiger partial charge in [0.1, 0.15) is 0 Å². The molecule has 0 saturated heterocycles. The number of ether oxygens (including phenoxy) is 2. The van der Waals surface area contributed by atoms with Crippen LogP contribution in [0.5, 0.6) is 0 Å². The van der Waals surface area contributed by atoms with Gasteiger partial charge in [0.15, 0.2) is 0 Å². The molecule has 0 aromatic rings. The number of carbonyl (C=O) groups excluding carboxylic acids is 2. The van der Waals surface area contributed by atoms with Crippen LogP contribution >= 0.6 is 0 Å². The Morgan fingerprint density at radius 3 is 2.26 bits per heavy atom. The van der Waals surface area contributed by atoms with Crippen molar-refractivity contribution in [2.24, 2.45) is 0 Å². The SMILES string of the molecule is CCCCCCN(CCCC(=O)OCC)C(=O)OC. The largest absolute Gasteiger partial charge is 0.466 e. The smallest absolute Gasteiger partial charge is 0.409 e. The lowest BCUT2D eigenvalue weighted by Crippen LogP contribution is -2.33. The second kappa shape index (κ2) is 11.8. The van der Waals surface area contributed by atoms with Gasteiger partial charge in [-0.1, -0.05) is 26.2 Å². The minimum absolute atomic E-state index is 0.210. The zero-order valence-corrected chi connectivity index (χ0v) is 12.4. The van der Waals surface area contributed by atoms with Gasteiger partial charge >= 0.3 is 12.1 Å². The van der Waals surface area contributed by atoms with Crippen molar-refractivity contribution in [1.29, 1.82) is 0 Å². The van der Waals surface area contributed by atoms with E-state index >= 15 is 0 Å². The predicted molar refractivity (Wildman–Crippen MR) is 74.0 cm³/mol. The molecule has 0 aromatic carbocycles. The first kappa shape index (κ1) is 17.7. The molecule has 112 valence electrons. The van der Waals surface area contributed by atoms with Crippen molar-refractivity contribution in [3.8, 4) is 0 Å². The fourth-order valence-electron chi connectivity index (χ4n) is 1.80. The topological polar surface area (TPSA) is 55.8 Å². The molecular formula is C14H27NO4. The average Bonchev–Trinajstić information content (AvgIpc) is 2.41. The molecule has 5 heteroatoms. The summed E-state index contributed by atoms with van der Waals surface area (Å²) in [6.45, 7) is 5.56. The normalized spacial score (nSPS) is 10.1. The molecule has 0 aliphatic rings. The summed E-state index contributed by atoms with van der Waals surface area (Å²) in [6.07, 6.45) is 5.07. The Balaban J connectivity index is 3.92. The van der Waals surface area contributed by atoms with Crippen molar-refractivity contribution in [3.63, 3.8) is 0 Å². The molecule has 5 nitrogen and oxygen atoms in total. The summed E-state index contributed by atoms with van der Waals surface area (Å²) in [6, 6.07) is 0. The lowest BCUT2D eigenvalue weighted by atomic mass is 10.2. The fourth-order valence-corrected chi connectivity index (χ4v) is 1.80. The van der Waals surface area contributed by atoms with Crippen LogP contribution in [-0.4, -0.2) is 43.8 Å². The highest BCUT2D eigenvalue weighted by Gasteiger charge is 2.13. The first-order valence-corrected chi connectivity index (χ1v) is 7.14. The van der Waals surface area contributed by atoms with Crippen molar-refractivity contribution >= 4 is 12.1 Å². The summed E-state index contributed by atoms with van der Waals surface area (Å²) in [7, 11) is 1.38. The van der Waals surface area contributed by atoms with E-state index in [1.165, 1.54) is 20.0 Å². The number of methoxy groups -OCH3 is 1. The van der Waals surface area contributed by atoms with Gasteiger partial charge in [-0.3, -0.25) is 4.79 Å². The second-order valence-corrected chi connectivity index (χ2v) is 4.43. The first-order valence-electron chi connectivity index (χ1n) is 7.14. The summed E-state index contributed by atoms with van der Waals surface area (Å²) < 4.78 is 9.60. The van der Waals surface area contributed by atoms with Gasteiger partial charge in [-0.25, -0.2) is 4.79 Å². The van der Waals surface area contributed by atoms with Crippen LogP contribution < -0.4 is 0 Å². The van der Waals surface area contributed by atoms with Crippen LogP contribution in [0.1, 0.15) is 52.4 Å². The summed E-state index contributed by atoms with van der Waals surface area (Å²) in [4.78, 5) is 24.4. The molecule has 0 bridgehead atoms. The molecule has 0 saturated carbocycles. The highest BCUT2D eigenvalue weighted by Crippen LogP contribution is 2.05. The van der Waals surface area contributed by atoms with E-state index in [9.17, 15) is 9.59 Å². The predicted octanol–water partition coefficient (Wildman–Crippen LogP) is 2.98. The monoisotopic (exact) mass is 273 g/mol. The van der Waals surface area contributed by atoms with Crippen LogP contribution in [-0.2, 0) is 14.3 Å². The van der Waals surface area contributed by atoms with E-state index in [1.807, 2.05) is 0 Å². The number of esters is 1. The Labute approximate surface area is 116 Å². The van der Waals surface area contributed by atoms with Crippen molar-refractivity contribution in [2.45, 2.75) is 52.4 Å². The molecule has 0 aromatic heterocycles. The number of amides is 1. The van der Waals surface area contributed by atoms with Crippen LogP contribution in [0.4, 0.5) is 4.79 Å². The summed E-state index contributed by atoms with van der Waals surface area (Å²) in [5.74, 6) is -0.210. The molecule has 1 amide bonds. The summed E-state index contributed by atoms with van der Waals surface area (Å²) in [5, 5.41) is 0. The van der Waals surface area contributed by atoms with E-state index in [4.69, 9.17) is 9.47 Å². The number of hydrogen-bond acceptors (Lipinski definition) is 4. The number of carbonyl (C=O) groups is 2.